The lowest BCUT2D eigenvalue weighted by Gasteiger charge is -2.00. The number of amides is 1. The smallest absolute Gasteiger partial charge is 0.267 e. The molecular weight excluding hydrogens is 244 g/mol. The highest BCUT2D eigenvalue weighted by Gasteiger charge is 2.04. The molecule has 3 nitrogen and oxygen atoms in total. The molecule has 1 heterocycles. The van der Waals surface area contributed by atoms with Crippen molar-refractivity contribution in [3.8, 4) is 0 Å². The summed E-state index contributed by atoms with van der Waals surface area (Å²) in [6.45, 7) is 3.93. The average Bonchev–Trinajstić information content (AvgIpc) is 2.83. The molecule has 0 bridgehead atoms. The van der Waals surface area contributed by atoms with Gasteiger partial charge in [-0.2, -0.15) is 5.10 Å². The number of hydrogen-bond donors (Lipinski definition) is 1. The second kappa shape index (κ2) is 5.60. The number of carbonyl (C=O) groups excluding carboxylic acids is 1. The molecule has 0 radical (unpaired) electrons. The first-order valence-electron chi connectivity index (χ1n) is 5.63. The Morgan fingerprint density at radius 2 is 1.89 bits per heavy atom. The molecule has 1 amide bonds. The summed E-state index contributed by atoms with van der Waals surface area (Å²) in [7, 11) is 0. The highest BCUT2D eigenvalue weighted by molar-refractivity contribution is 7.14. The Labute approximate surface area is 110 Å². The maximum absolute atomic E-state index is 11.8. The second-order valence-electron chi connectivity index (χ2n) is 3.91. The Balaban J connectivity index is 2.05. The average molecular weight is 258 g/mol. The fraction of sp³-hybridized carbons (Fsp3) is 0.143. The van der Waals surface area contributed by atoms with Crippen molar-refractivity contribution >= 4 is 23.0 Å². The van der Waals surface area contributed by atoms with Crippen molar-refractivity contribution in [1.29, 1.82) is 0 Å². The van der Waals surface area contributed by atoms with E-state index >= 15 is 0 Å². The van der Waals surface area contributed by atoms with Gasteiger partial charge in [-0.25, -0.2) is 5.43 Å². The molecule has 1 aromatic heterocycles. The largest absolute Gasteiger partial charge is 0.271 e. The van der Waals surface area contributed by atoms with E-state index in [-0.39, 0.29) is 5.91 Å². The third-order valence-electron chi connectivity index (χ3n) is 2.46. The normalized spacial score (nSPS) is 11.3. The molecular formula is C14H14N2OS. The van der Waals surface area contributed by atoms with Gasteiger partial charge in [0.1, 0.15) is 0 Å². The van der Waals surface area contributed by atoms with Crippen LogP contribution < -0.4 is 5.43 Å². The first-order valence-corrected chi connectivity index (χ1v) is 6.45. The van der Waals surface area contributed by atoms with Gasteiger partial charge in [-0.3, -0.25) is 4.79 Å². The number of benzene rings is 1. The van der Waals surface area contributed by atoms with Gasteiger partial charge in [-0.05, 0) is 38.1 Å². The van der Waals surface area contributed by atoms with Gasteiger partial charge in [-0.15, -0.1) is 11.3 Å². The fourth-order valence-electron chi connectivity index (χ4n) is 1.47. The molecule has 18 heavy (non-hydrogen) atoms. The van der Waals surface area contributed by atoms with Crippen LogP contribution in [0.4, 0.5) is 0 Å². The van der Waals surface area contributed by atoms with Crippen LogP contribution in [0, 0.1) is 6.92 Å². The third-order valence-corrected chi connectivity index (χ3v) is 3.57. The maximum Gasteiger partial charge on any atom is 0.271 e. The Morgan fingerprint density at radius 3 is 2.50 bits per heavy atom. The van der Waals surface area contributed by atoms with Crippen LogP contribution in [0.5, 0.6) is 0 Å². The molecule has 1 aromatic carbocycles. The zero-order valence-electron chi connectivity index (χ0n) is 10.3. The van der Waals surface area contributed by atoms with Crippen LogP contribution in [0.1, 0.15) is 27.0 Å². The first-order chi connectivity index (χ1) is 8.66. The van der Waals surface area contributed by atoms with E-state index in [0.29, 0.717) is 5.56 Å². The van der Waals surface area contributed by atoms with E-state index in [9.17, 15) is 4.79 Å². The summed E-state index contributed by atoms with van der Waals surface area (Å²) < 4.78 is 0. The van der Waals surface area contributed by atoms with Crippen LogP contribution in [0.25, 0.3) is 0 Å². The summed E-state index contributed by atoms with van der Waals surface area (Å²) >= 11 is 1.66. The Morgan fingerprint density at radius 1 is 1.17 bits per heavy atom. The summed E-state index contributed by atoms with van der Waals surface area (Å²) in [4.78, 5) is 14.1. The molecule has 0 saturated carbocycles. The van der Waals surface area contributed by atoms with E-state index in [1.807, 2.05) is 44.2 Å². The van der Waals surface area contributed by atoms with Crippen LogP contribution in [-0.2, 0) is 0 Å². The van der Waals surface area contributed by atoms with E-state index < -0.39 is 0 Å². The number of carbonyl (C=O) groups is 1. The quantitative estimate of drug-likeness (QED) is 0.666. The van der Waals surface area contributed by atoms with Gasteiger partial charge in [0.15, 0.2) is 0 Å². The molecule has 0 fully saturated rings. The van der Waals surface area contributed by atoms with Crippen molar-refractivity contribution in [2.24, 2.45) is 5.10 Å². The molecule has 2 aromatic rings. The minimum absolute atomic E-state index is 0.191. The monoisotopic (exact) mass is 258 g/mol. The van der Waals surface area contributed by atoms with Crippen molar-refractivity contribution in [2.45, 2.75) is 13.8 Å². The Bertz CT molecular complexity index is 572. The van der Waals surface area contributed by atoms with Crippen molar-refractivity contribution < 1.29 is 4.79 Å². The summed E-state index contributed by atoms with van der Waals surface area (Å²) in [6, 6.07) is 13.1. The number of thiophene rings is 1. The van der Waals surface area contributed by atoms with Crippen LogP contribution in [0.3, 0.4) is 0 Å². The highest BCUT2D eigenvalue weighted by Crippen LogP contribution is 2.15. The third kappa shape index (κ3) is 3.05. The molecule has 0 saturated heterocycles. The van der Waals surface area contributed by atoms with Crippen molar-refractivity contribution in [3.63, 3.8) is 0 Å². The van der Waals surface area contributed by atoms with Gasteiger partial charge in [-0.1, -0.05) is 18.2 Å². The summed E-state index contributed by atoms with van der Waals surface area (Å²) in [5, 5.41) is 4.11. The first kappa shape index (κ1) is 12.5. The number of hydrogen-bond acceptors (Lipinski definition) is 3. The van der Waals surface area contributed by atoms with Gasteiger partial charge < -0.3 is 0 Å². The van der Waals surface area contributed by atoms with Crippen LogP contribution in [0.15, 0.2) is 47.6 Å². The standard InChI is InChI=1S/C14H14N2OS/c1-10-8-9-13(18-10)11(2)15-16-14(17)12-6-4-3-5-7-12/h3-9H,1-2H3,(H,16,17)/b15-11+. The predicted molar refractivity (Wildman–Crippen MR) is 75.2 cm³/mol. The second-order valence-corrected chi connectivity index (χ2v) is 5.20. The molecule has 92 valence electrons. The molecule has 0 spiro atoms. The molecule has 0 atom stereocenters. The summed E-state index contributed by atoms with van der Waals surface area (Å²) in [6.07, 6.45) is 0. The lowest BCUT2D eigenvalue weighted by atomic mass is 10.2. The van der Waals surface area contributed by atoms with E-state index in [0.717, 1.165) is 10.6 Å². The molecule has 0 aliphatic heterocycles. The molecule has 0 aliphatic carbocycles. The number of hydrazone groups is 1. The molecule has 0 aliphatic rings. The Kier molecular flexibility index (Phi) is 3.89. The number of nitrogens with one attached hydrogen (secondary N) is 1. The number of aryl methyl sites for hydroxylation is 1. The lowest BCUT2D eigenvalue weighted by molar-refractivity contribution is 0.0955. The maximum atomic E-state index is 11.8. The molecule has 4 heteroatoms. The summed E-state index contributed by atoms with van der Waals surface area (Å²) in [5.41, 5.74) is 3.99. The van der Waals surface area contributed by atoms with E-state index in [1.165, 1.54) is 4.88 Å². The van der Waals surface area contributed by atoms with Crippen molar-refractivity contribution in [1.82, 2.24) is 5.43 Å². The van der Waals surface area contributed by atoms with Gasteiger partial charge in [0.2, 0.25) is 0 Å². The van der Waals surface area contributed by atoms with E-state index in [1.54, 1.807) is 23.5 Å². The Hall–Kier alpha value is -1.94. The molecule has 1 N–H and O–H groups in total. The minimum Gasteiger partial charge on any atom is -0.267 e. The fourth-order valence-corrected chi connectivity index (χ4v) is 2.29. The van der Waals surface area contributed by atoms with Gasteiger partial charge in [0, 0.05) is 10.4 Å². The van der Waals surface area contributed by atoms with E-state index in [2.05, 4.69) is 10.5 Å². The van der Waals surface area contributed by atoms with Gasteiger partial charge >= 0.3 is 0 Å². The zero-order valence-corrected chi connectivity index (χ0v) is 11.1. The highest BCUT2D eigenvalue weighted by atomic mass is 32.1. The SMILES string of the molecule is C/C(=N\NC(=O)c1ccccc1)c1ccc(C)s1. The summed E-state index contributed by atoms with van der Waals surface area (Å²) in [5.74, 6) is -0.191. The van der Waals surface area contributed by atoms with Crippen LogP contribution in [0.2, 0.25) is 0 Å². The minimum atomic E-state index is -0.191. The number of nitrogens with zero attached hydrogens (tertiary/aromatic N) is 1. The van der Waals surface area contributed by atoms with Crippen LogP contribution >= 0.6 is 11.3 Å². The topological polar surface area (TPSA) is 41.5 Å². The molecule has 0 unspecified atom stereocenters. The van der Waals surface area contributed by atoms with Crippen molar-refractivity contribution in [2.75, 3.05) is 0 Å². The predicted octanol–water partition coefficient (Wildman–Crippen LogP) is 3.21. The zero-order chi connectivity index (χ0) is 13.0. The van der Waals surface area contributed by atoms with Crippen molar-refractivity contribution in [3.05, 3.63) is 57.8 Å². The van der Waals surface area contributed by atoms with Gasteiger partial charge in [0.05, 0.1) is 10.6 Å². The van der Waals surface area contributed by atoms with Gasteiger partial charge in [0.25, 0.3) is 5.91 Å². The van der Waals surface area contributed by atoms with E-state index in [4.69, 9.17) is 0 Å². The number of rotatable bonds is 3. The lowest BCUT2D eigenvalue weighted by Crippen LogP contribution is -2.18. The van der Waals surface area contributed by atoms with Crippen LogP contribution in [-0.4, -0.2) is 11.6 Å². The molecule has 2 rings (SSSR count).